The predicted molar refractivity (Wildman–Crippen MR) is 118 cm³/mol. The molecule has 1 amide bonds. The molecule has 0 fully saturated rings. The number of para-hydroxylation sites is 1. The first kappa shape index (κ1) is 22.2. The van der Waals surface area contributed by atoms with Crippen LogP contribution < -0.4 is 15.6 Å². The van der Waals surface area contributed by atoms with Gasteiger partial charge in [-0.15, -0.1) is 0 Å². The van der Waals surface area contributed by atoms with Gasteiger partial charge >= 0.3 is 0 Å². The van der Waals surface area contributed by atoms with Gasteiger partial charge in [0.2, 0.25) is 0 Å². The summed E-state index contributed by atoms with van der Waals surface area (Å²) in [6.07, 6.45) is 0.674. The highest BCUT2D eigenvalue weighted by Crippen LogP contribution is 2.15. The molecule has 31 heavy (non-hydrogen) atoms. The van der Waals surface area contributed by atoms with Gasteiger partial charge in [0.05, 0.1) is 12.6 Å². The standard InChI is InChI=1S/C24H27N3O4/c1-19(20-9-4-2-5-10-20)30-17-8-15-25-24(29)22-13-14-23(28)27(26-22)16-18-31-21-11-6-3-7-12-21/h2-7,9-14,19H,8,15-18H2,1H3,(H,25,29). The van der Waals surface area contributed by atoms with Gasteiger partial charge in [0.25, 0.3) is 11.5 Å². The first-order chi connectivity index (χ1) is 15.1. The largest absolute Gasteiger partial charge is 0.492 e. The van der Waals surface area contributed by atoms with Crippen LogP contribution in [-0.2, 0) is 11.3 Å². The summed E-state index contributed by atoms with van der Waals surface area (Å²) in [7, 11) is 0. The Labute approximate surface area is 181 Å². The minimum atomic E-state index is -0.325. The Bertz CT molecular complexity index is 1010. The lowest BCUT2D eigenvalue weighted by atomic mass is 10.1. The summed E-state index contributed by atoms with van der Waals surface area (Å²) in [4.78, 5) is 24.4. The summed E-state index contributed by atoms with van der Waals surface area (Å²) in [6.45, 7) is 3.51. The van der Waals surface area contributed by atoms with Crippen LogP contribution in [0.3, 0.4) is 0 Å². The van der Waals surface area contributed by atoms with E-state index < -0.39 is 0 Å². The van der Waals surface area contributed by atoms with Gasteiger partial charge in [0, 0.05) is 19.2 Å². The molecular formula is C24H27N3O4. The van der Waals surface area contributed by atoms with Crippen molar-refractivity contribution in [2.24, 2.45) is 0 Å². The zero-order valence-electron chi connectivity index (χ0n) is 17.6. The highest BCUT2D eigenvalue weighted by Gasteiger charge is 2.10. The smallest absolute Gasteiger partial charge is 0.271 e. The molecule has 7 nitrogen and oxygen atoms in total. The van der Waals surface area contributed by atoms with Crippen LogP contribution >= 0.6 is 0 Å². The molecule has 0 radical (unpaired) electrons. The lowest BCUT2D eigenvalue weighted by Gasteiger charge is -2.13. The molecule has 3 rings (SSSR count). The molecule has 0 bridgehead atoms. The normalized spacial score (nSPS) is 11.6. The number of nitrogens with zero attached hydrogens (tertiary/aromatic N) is 2. The molecule has 2 aromatic carbocycles. The van der Waals surface area contributed by atoms with Gasteiger partial charge in [-0.25, -0.2) is 4.68 Å². The minimum absolute atomic E-state index is 0.000213. The van der Waals surface area contributed by atoms with E-state index in [-0.39, 0.29) is 36.4 Å². The number of nitrogens with one attached hydrogen (secondary N) is 1. The van der Waals surface area contributed by atoms with E-state index in [2.05, 4.69) is 10.4 Å². The molecule has 0 aliphatic carbocycles. The zero-order chi connectivity index (χ0) is 21.9. The molecule has 0 spiro atoms. The first-order valence-corrected chi connectivity index (χ1v) is 10.3. The van der Waals surface area contributed by atoms with Gasteiger partial charge in [-0.1, -0.05) is 48.5 Å². The molecule has 0 aliphatic rings. The highest BCUT2D eigenvalue weighted by atomic mass is 16.5. The van der Waals surface area contributed by atoms with Crippen LogP contribution in [0.25, 0.3) is 0 Å². The van der Waals surface area contributed by atoms with E-state index in [4.69, 9.17) is 9.47 Å². The average Bonchev–Trinajstić information content (AvgIpc) is 2.81. The maximum atomic E-state index is 12.4. The van der Waals surface area contributed by atoms with Gasteiger partial charge in [0.15, 0.2) is 0 Å². The second-order valence-electron chi connectivity index (χ2n) is 6.97. The lowest BCUT2D eigenvalue weighted by Crippen LogP contribution is -2.31. The average molecular weight is 421 g/mol. The van der Waals surface area contributed by atoms with Crippen molar-refractivity contribution >= 4 is 5.91 Å². The number of carbonyl (C=O) groups excluding carboxylic acids is 1. The van der Waals surface area contributed by atoms with Crippen LogP contribution in [0.5, 0.6) is 5.75 Å². The van der Waals surface area contributed by atoms with Crippen molar-refractivity contribution in [1.29, 1.82) is 0 Å². The maximum absolute atomic E-state index is 12.4. The van der Waals surface area contributed by atoms with Crippen molar-refractivity contribution in [2.75, 3.05) is 19.8 Å². The Kier molecular flexibility index (Phi) is 8.37. The van der Waals surface area contributed by atoms with Crippen LogP contribution in [0.2, 0.25) is 0 Å². The highest BCUT2D eigenvalue weighted by molar-refractivity contribution is 5.91. The number of benzene rings is 2. The van der Waals surface area contributed by atoms with E-state index in [1.54, 1.807) is 0 Å². The van der Waals surface area contributed by atoms with Gasteiger partial charge in [-0.3, -0.25) is 9.59 Å². The van der Waals surface area contributed by atoms with Crippen molar-refractivity contribution in [3.05, 3.63) is 94.4 Å². The summed E-state index contributed by atoms with van der Waals surface area (Å²) < 4.78 is 12.6. The third kappa shape index (κ3) is 7.08. The van der Waals surface area contributed by atoms with Crippen molar-refractivity contribution in [3.63, 3.8) is 0 Å². The number of ether oxygens (including phenoxy) is 2. The summed E-state index contributed by atoms with van der Waals surface area (Å²) in [5.74, 6) is 0.391. The molecule has 1 heterocycles. The molecule has 0 aliphatic heterocycles. The fourth-order valence-electron chi connectivity index (χ4n) is 2.94. The first-order valence-electron chi connectivity index (χ1n) is 10.3. The summed E-state index contributed by atoms with van der Waals surface area (Å²) >= 11 is 0. The summed E-state index contributed by atoms with van der Waals surface area (Å²) in [5.41, 5.74) is 1.03. The van der Waals surface area contributed by atoms with E-state index in [9.17, 15) is 9.59 Å². The fourth-order valence-corrected chi connectivity index (χ4v) is 2.94. The molecule has 0 saturated carbocycles. The third-order valence-electron chi connectivity index (χ3n) is 4.66. The Balaban J connectivity index is 1.41. The van der Waals surface area contributed by atoms with Crippen molar-refractivity contribution in [2.45, 2.75) is 26.0 Å². The van der Waals surface area contributed by atoms with Crippen molar-refractivity contribution in [3.8, 4) is 5.75 Å². The van der Waals surface area contributed by atoms with E-state index in [0.717, 1.165) is 5.56 Å². The molecule has 0 saturated heterocycles. The molecule has 1 N–H and O–H groups in total. The SMILES string of the molecule is CC(OCCCNC(=O)c1ccc(=O)n(CCOc2ccccc2)n1)c1ccccc1. The molecule has 7 heteroatoms. The number of hydrogen-bond acceptors (Lipinski definition) is 5. The minimum Gasteiger partial charge on any atom is -0.492 e. The van der Waals surface area contributed by atoms with Gasteiger partial charge in [0.1, 0.15) is 18.1 Å². The van der Waals surface area contributed by atoms with Gasteiger partial charge < -0.3 is 14.8 Å². The van der Waals surface area contributed by atoms with Crippen LogP contribution in [0, 0.1) is 0 Å². The van der Waals surface area contributed by atoms with Crippen LogP contribution in [0.15, 0.2) is 77.6 Å². The third-order valence-corrected chi connectivity index (χ3v) is 4.66. The van der Waals surface area contributed by atoms with E-state index >= 15 is 0 Å². The van der Waals surface area contributed by atoms with Gasteiger partial charge in [-0.2, -0.15) is 5.10 Å². The van der Waals surface area contributed by atoms with E-state index in [0.29, 0.717) is 25.3 Å². The molecule has 3 aromatic rings. The summed E-state index contributed by atoms with van der Waals surface area (Å²) in [5, 5.41) is 6.96. The van der Waals surface area contributed by atoms with E-state index in [1.807, 2.05) is 67.6 Å². The summed E-state index contributed by atoms with van der Waals surface area (Å²) in [6, 6.07) is 22.1. The van der Waals surface area contributed by atoms with Crippen LogP contribution in [-0.4, -0.2) is 35.4 Å². The quantitative estimate of drug-likeness (QED) is 0.481. The number of amides is 1. The topological polar surface area (TPSA) is 82.5 Å². The Morgan fingerprint density at radius 3 is 2.45 bits per heavy atom. The second-order valence-corrected chi connectivity index (χ2v) is 6.97. The lowest BCUT2D eigenvalue weighted by molar-refractivity contribution is 0.0634. The zero-order valence-corrected chi connectivity index (χ0v) is 17.6. The molecule has 1 unspecified atom stereocenters. The molecule has 1 atom stereocenters. The molecule has 1 aromatic heterocycles. The Hall–Kier alpha value is -3.45. The number of carbonyl (C=O) groups is 1. The van der Waals surface area contributed by atoms with Crippen molar-refractivity contribution in [1.82, 2.24) is 15.1 Å². The fraction of sp³-hybridized carbons (Fsp3) is 0.292. The van der Waals surface area contributed by atoms with Crippen LogP contribution in [0.4, 0.5) is 0 Å². The molecular weight excluding hydrogens is 394 g/mol. The number of aromatic nitrogens is 2. The van der Waals surface area contributed by atoms with Crippen molar-refractivity contribution < 1.29 is 14.3 Å². The Morgan fingerprint density at radius 2 is 1.71 bits per heavy atom. The second kappa shape index (κ2) is 11.7. The maximum Gasteiger partial charge on any atom is 0.271 e. The molecule has 162 valence electrons. The number of rotatable bonds is 11. The van der Waals surface area contributed by atoms with Crippen LogP contribution in [0.1, 0.15) is 35.5 Å². The monoisotopic (exact) mass is 421 g/mol. The van der Waals surface area contributed by atoms with E-state index in [1.165, 1.54) is 16.8 Å². The Morgan fingerprint density at radius 1 is 1.00 bits per heavy atom. The van der Waals surface area contributed by atoms with Gasteiger partial charge in [-0.05, 0) is 37.1 Å². The predicted octanol–water partition coefficient (Wildman–Crippen LogP) is 3.22. The number of hydrogen-bond donors (Lipinski definition) is 1.